The van der Waals surface area contributed by atoms with Gasteiger partial charge in [-0.05, 0) is 12.8 Å². The first-order valence-corrected chi connectivity index (χ1v) is 6.96. The van der Waals surface area contributed by atoms with Crippen LogP contribution in [0.15, 0.2) is 12.5 Å². The highest BCUT2D eigenvalue weighted by molar-refractivity contribution is 5.81. The van der Waals surface area contributed by atoms with Gasteiger partial charge in [-0.25, -0.2) is 4.98 Å². The number of carbonyl (C=O) groups is 1. The molecule has 6 heteroatoms. The van der Waals surface area contributed by atoms with Crippen LogP contribution in [-0.4, -0.2) is 53.1 Å². The summed E-state index contributed by atoms with van der Waals surface area (Å²) in [5, 5.41) is 6.04. The lowest BCUT2D eigenvalue weighted by Crippen LogP contribution is -2.57. The van der Waals surface area contributed by atoms with Crippen molar-refractivity contribution in [3.8, 4) is 0 Å². The average Bonchev–Trinajstić information content (AvgIpc) is 3.19. The van der Waals surface area contributed by atoms with Crippen LogP contribution in [-0.2, 0) is 11.3 Å². The van der Waals surface area contributed by atoms with E-state index in [4.69, 9.17) is 0 Å². The molecule has 1 unspecified atom stereocenters. The monoisotopic (exact) mass is 263 g/mol. The Morgan fingerprint density at radius 1 is 1.58 bits per heavy atom. The number of amides is 1. The molecule has 19 heavy (non-hydrogen) atoms. The zero-order chi connectivity index (χ0) is 13.2. The van der Waals surface area contributed by atoms with Crippen molar-refractivity contribution in [3.63, 3.8) is 0 Å². The van der Waals surface area contributed by atoms with E-state index >= 15 is 0 Å². The van der Waals surface area contributed by atoms with Gasteiger partial charge in [-0.15, -0.1) is 0 Å². The minimum Gasteiger partial charge on any atom is -0.358 e. The van der Waals surface area contributed by atoms with Gasteiger partial charge in [-0.1, -0.05) is 0 Å². The predicted molar refractivity (Wildman–Crippen MR) is 71.6 cm³/mol. The van der Waals surface area contributed by atoms with E-state index in [0.29, 0.717) is 6.04 Å². The summed E-state index contributed by atoms with van der Waals surface area (Å²) < 4.78 is 2.27. The molecular formula is C13H21N5O. The number of hydrogen-bond donors (Lipinski definition) is 2. The number of imidazole rings is 1. The van der Waals surface area contributed by atoms with Crippen molar-refractivity contribution < 1.29 is 4.79 Å². The fraction of sp³-hybridized carbons (Fsp3) is 0.692. The number of carbonyl (C=O) groups excluding carboxylic acids is 1. The van der Waals surface area contributed by atoms with Gasteiger partial charge in [0.1, 0.15) is 6.04 Å². The zero-order valence-electron chi connectivity index (χ0n) is 11.3. The number of aromatic nitrogens is 2. The summed E-state index contributed by atoms with van der Waals surface area (Å²) in [7, 11) is 1.70. The van der Waals surface area contributed by atoms with E-state index in [1.807, 2.05) is 12.5 Å². The quantitative estimate of drug-likeness (QED) is 0.785. The van der Waals surface area contributed by atoms with E-state index in [2.05, 4.69) is 25.1 Å². The van der Waals surface area contributed by atoms with Crippen LogP contribution in [0.2, 0.25) is 0 Å². The molecule has 2 aliphatic rings. The van der Waals surface area contributed by atoms with Crippen molar-refractivity contribution in [1.29, 1.82) is 0 Å². The molecule has 2 fully saturated rings. The molecule has 1 saturated carbocycles. The van der Waals surface area contributed by atoms with E-state index in [9.17, 15) is 4.79 Å². The minimum absolute atomic E-state index is 0.0821. The van der Waals surface area contributed by atoms with Crippen molar-refractivity contribution in [2.45, 2.75) is 31.5 Å². The summed E-state index contributed by atoms with van der Waals surface area (Å²) in [6.45, 7) is 3.35. The first-order chi connectivity index (χ1) is 9.29. The highest BCUT2D eigenvalue weighted by Crippen LogP contribution is 2.35. The summed E-state index contributed by atoms with van der Waals surface area (Å²) >= 11 is 0. The molecular weight excluding hydrogens is 242 g/mol. The van der Waals surface area contributed by atoms with Crippen LogP contribution in [0, 0.1) is 0 Å². The summed E-state index contributed by atoms with van der Waals surface area (Å²) in [6, 6.07) is 0.556. The number of nitrogens with one attached hydrogen (secondary N) is 2. The highest BCUT2D eigenvalue weighted by atomic mass is 16.2. The van der Waals surface area contributed by atoms with Crippen molar-refractivity contribution in [1.82, 2.24) is 25.1 Å². The van der Waals surface area contributed by atoms with Gasteiger partial charge in [0.05, 0.1) is 12.0 Å². The van der Waals surface area contributed by atoms with Crippen LogP contribution >= 0.6 is 0 Å². The van der Waals surface area contributed by atoms with Gasteiger partial charge in [0.15, 0.2) is 0 Å². The van der Waals surface area contributed by atoms with Gasteiger partial charge < -0.3 is 15.2 Å². The summed E-state index contributed by atoms with van der Waals surface area (Å²) in [5.41, 5.74) is 1.22. The SMILES string of the molecule is CNC(=O)C1CNCCN1Cc1cncn1C1CC1. The maximum atomic E-state index is 11.9. The van der Waals surface area contributed by atoms with Crippen LogP contribution in [0.4, 0.5) is 0 Å². The molecule has 1 atom stereocenters. The third kappa shape index (κ3) is 2.64. The molecule has 1 aromatic heterocycles. The molecule has 0 bridgehead atoms. The van der Waals surface area contributed by atoms with Crippen molar-refractivity contribution >= 4 is 5.91 Å². The second-order valence-corrected chi connectivity index (χ2v) is 5.33. The Morgan fingerprint density at radius 3 is 3.16 bits per heavy atom. The Labute approximate surface area is 113 Å². The fourth-order valence-electron chi connectivity index (χ4n) is 2.70. The second kappa shape index (κ2) is 5.30. The van der Waals surface area contributed by atoms with Crippen molar-refractivity contribution in [3.05, 3.63) is 18.2 Å². The normalized spacial score (nSPS) is 24.4. The Hall–Kier alpha value is -1.40. The van der Waals surface area contributed by atoms with Crippen LogP contribution in [0.3, 0.4) is 0 Å². The Kier molecular flexibility index (Phi) is 3.52. The van der Waals surface area contributed by atoms with Crippen LogP contribution in [0.1, 0.15) is 24.6 Å². The van der Waals surface area contributed by atoms with E-state index < -0.39 is 0 Å². The first-order valence-electron chi connectivity index (χ1n) is 6.96. The molecule has 0 radical (unpaired) electrons. The second-order valence-electron chi connectivity index (χ2n) is 5.33. The zero-order valence-corrected chi connectivity index (χ0v) is 11.3. The molecule has 3 rings (SSSR count). The number of piperazine rings is 1. The third-order valence-corrected chi connectivity index (χ3v) is 3.95. The van der Waals surface area contributed by atoms with Crippen molar-refractivity contribution in [2.24, 2.45) is 0 Å². The smallest absolute Gasteiger partial charge is 0.238 e. The summed E-state index contributed by atoms with van der Waals surface area (Å²) in [4.78, 5) is 18.4. The molecule has 1 aromatic rings. The first kappa shape index (κ1) is 12.6. The molecule has 1 aliphatic heterocycles. The summed E-state index contributed by atoms with van der Waals surface area (Å²) in [5.74, 6) is 0.0877. The standard InChI is InChI=1S/C13H21N5O/c1-14-13(19)12-7-15-4-5-17(12)8-11-6-16-9-18(11)10-2-3-10/h6,9-10,12,15H,2-5,7-8H2,1H3,(H,14,19). The molecule has 1 aliphatic carbocycles. The van der Waals surface area contributed by atoms with E-state index in [0.717, 1.165) is 26.2 Å². The lowest BCUT2D eigenvalue weighted by molar-refractivity contribution is -0.126. The maximum Gasteiger partial charge on any atom is 0.238 e. The van der Waals surface area contributed by atoms with E-state index in [1.165, 1.54) is 18.5 Å². The lowest BCUT2D eigenvalue weighted by Gasteiger charge is -2.34. The third-order valence-electron chi connectivity index (χ3n) is 3.95. The number of nitrogens with zero attached hydrogens (tertiary/aromatic N) is 3. The molecule has 2 N–H and O–H groups in total. The fourth-order valence-corrected chi connectivity index (χ4v) is 2.70. The topological polar surface area (TPSA) is 62.2 Å². The molecule has 1 saturated heterocycles. The van der Waals surface area contributed by atoms with Gasteiger partial charge in [-0.2, -0.15) is 0 Å². The Balaban J connectivity index is 1.72. The van der Waals surface area contributed by atoms with Gasteiger partial charge >= 0.3 is 0 Å². The predicted octanol–water partition coefficient (Wildman–Crippen LogP) is -0.262. The van der Waals surface area contributed by atoms with E-state index in [-0.39, 0.29) is 11.9 Å². The summed E-state index contributed by atoms with van der Waals surface area (Å²) in [6.07, 6.45) is 6.36. The van der Waals surface area contributed by atoms with Crippen LogP contribution in [0.5, 0.6) is 0 Å². The van der Waals surface area contributed by atoms with Gasteiger partial charge in [0.25, 0.3) is 0 Å². The number of rotatable bonds is 4. The van der Waals surface area contributed by atoms with E-state index in [1.54, 1.807) is 7.05 Å². The lowest BCUT2D eigenvalue weighted by atomic mass is 10.1. The molecule has 2 heterocycles. The maximum absolute atomic E-state index is 11.9. The molecule has 0 aromatic carbocycles. The molecule has 104 valence electrons. The number of hydrogen-bond acceptors (Lipinski definition) is 4. The van der Waals surface area contributed by atoms with Crippen molar-refractivity contribution in [2.75, 3.05) is 26.7 Å². The Bertz CT molecular complexity index is 454. The average molecular weight is 263 g/mol. The van der Waals surface area contributed by atoms with Crippen LogP contribution < -0.4 is 10.6 Å². The largest absolute Gasteiger partial charge is 0.358 e. The van der Waals surface area contributed by atoms with Gasteiger partial charge in [-0.3, -0.25) is 9.69 Å². The molecule has 6 nitrogen and oxygen atoms in total. The van der Waals surface area contributed by atoms with Gasteiger partial charge in [0.2, 0.25) is 5.91 Å². The molecule has 0 spiro atoms. The molecule has 1 amide bonds. The minimum atomic E-state index is -0.0821. The number of likely N-dealkylation sites (N-methyl/N-ethyl adjacent to an activating group) is 1. The van der Waals surface area contributed by atoms with Crippen LogP contribution in [0.25, 0.3) is 0 Å². The highest BCUT2D eigenvalue weighted by Gasteiger charge is 2.30. The van der Waals surface area contributed by atoms with Gasteiger partial charge in [0, 0.05) is 45.5 Å². The Morgan fingerprint density at radius 2 is 2.42 bits per heavy atom.